The van der Waals surface area contributed by atoms with E-state index in [9.17, 15) is 4.79 Å². The molecule has 0 fully saturated rings. The van der Waals surface area contributed by atoms with Crippen LogP contribution in [0.15, 0.2) is 30.6 Å². The number of carbonyl (C=O) groups excluding carboxylic acids is 1. The lowest BCUT2D eigenvalue weighted by Crippen LogP contribution is -2.28. The van der Waals surface area contributed by atoms with Crippen LogP contribution in [0.4, 0.5) is 10.5 Å². The molecule has 1 heterocycles. The first-order valence-corrected chi connectivity index (χ1v) is 6.32. The number of hydrogen-bond donors (Lipinski definition) is 2. The van der Waals surface area contributed by atoms with Crippen LogP contribution in [0.5, 0.6) is 5.75 Å². The third-order valence-electron chi connectivity index (χ3n) is 2.64. The second kappa shape index (κ2) is 6.29. The molecule has 0 aliphatic heterocycles. The van der Waals surface area contributed by atoms with Crippen LogP contribution in [-0.4, -0.2) is 22.9 Å². The molecule has 0 saturated carbocycles. The van der Waals surface area contributed by atoms with Gasteiger partial charge in [0.05, 0.1) is 24.0 Å². The first kappa shape index (κ1) is 14.2. The molecule has 6 nitrogen and oxygen atoms in total. The highest BCUT2D eigenvalue weighted by Gasteiger charge is 2.07. The molecule has 2 amide bonds. The van der Waals surface area contributed by atoms with Gasteiger partial charge in [0.15, 0.2) is 0 Å². The fourth-order valence-corrected chi connectivity index (χ4v) is 1.85. The number of carbonyl (C=O) groups is 1. The average molecular weight is 295 g/mol. The largest absolute Gasteiger partial charge is 0.497 e. The van der Waals surface area contributed by atoms with Gasteiger partial charge in [-0.25, -0.2) is 4.79 Å². The minimum atomic E-state index is -0.332. The first-order chi connectivity index (χ1) is 9.58. The maximum absolute atomic E-state index is 11.8. The molecule has 0 aliphatic carbocycles. The molecule has 0 bridgehead atoms. The van der Waals surface area contributed by atoms with Crippen molar-refractivity contribution >= 4 is 23.3 Å². The van der Waals surface area contributed by atoms with Crippen molar-refractivity contribution in [2.24, 2.45) is 7.05 Å². The van der Waals surface area contributed by atoms with Crippen LogP contribution >= 0.6 is 11.6 Å². The zero-order chi connectivity index (χ0) is 14.5. The highest BCUT2D eigenvalue weighted by Crippen LogP contribution is 2.26. The maximum Gasteiger partial charge on any atom is 0.319 e. The molecule has 0 spiro atoms. The smallest absolute Gasteiger partial charge is 0.319 e. The van der Waals surface area contributed by atoms with Gasteiger partial charge in [-0.2, -0.15) is 5.10 Å². The highest BCUT2D eigenvalue weighted by atomic mass is 35.5. The van der Waals surface area contributed by atoms with Crippen LogP contribution in [0, 0.1) is 0 Å². The van der Waals surface area contributed by atoms with Gasteiger partial charge >= 0.3 is 6.03 Å². The molecule has 2 aromatic rings. The van der Waals surface area contributed by atoms with E-state index in [1.807, 2.05) is 13.2 Å². The van der Waals surface area contributed by atoms with Crippen LogP contribution in [0.1, 0.15) is 5.56 Å². The Hall–Kier alpha value is -2.21. The molecule has 1 aromatic heterocycles. The Labute approximate surface area is 121 Å². The van der Waals surface area contributed by atoms with E-state index in [-0.39, 0.29) is 6.03 Å². The van der Waals surface area contributed by atoms with Crippen molar-refractivity contribution in [2.75, 3.05) is 12.4 Å². The van der Waals surface area contributed by atoms with E-state index < -0.39 is 0 Å². The summed E-state index contributed by atoms with van der Waals surface area (Å²) in [6, 6.07) is 4.71. The molecule has 0 radical (unpaired) electrons. The molecule has 0 atom stereocenters. The second-order valence-corrected chi connectivity index (χ2v) is 4.58. The third kappa shape index (κ3) is 3.64. The van der Waals surface area contributed by atoms with Crippen molar-refractivity contribution < 1.29 is 9.53 Å². The van der Waals surface area contributed by atoms with Crippen molar-refractivity contribution in [1.82, 2.24) is 15.1 Å². The molecule has 2 N–H and O–H groups in total. The number of rotatable bonds is 4. The van der Waals surface area contributed by atoms with E-state index in [1.54, 1.807) is 36.2 Å². The van der Waals surface area contributed by atoms with Gasteiger partial charge in [-0.1, -0.05) is 11.6 Å². The molecule has 1 aromatic carbocycles. The van der Waals surface area contributed by atoms with E-state index in [0.29, 0.717) is 23.0 Å². The lowest BCUT2D eigenvalue weighted by atomic mass is 10.3. The van der Waals surface area contributed by atoms with Crippen LogP contribution < -0.4 is 15.4 Å². The lowest BCUT2D eigenvalue weighted by molar-refractivity contribution is 0.251. The zero-order valence-corrected chi connectivity index (χ0v) is 11.9. The summed E-state index contributed by atoms with van der Waals surface area (Å²) in [5.41, 5.74) is 1.44. The van der Waals surface area contributed by atoms with Crippen molar-refractivity contribution in [3.05, 3.63) is 41.2 Å². The molecular weight excluding hydrogens is 280 g/mol. The lowest BCUT2D eigenvalue weighted by Gasteiger charge is -2.09. The number of amides is 2. The van der Waals surface area contributed by atoms with E-state index in [0.717, 1.165) is 5.56 Å². The number of aryl methyl sites for hydroxylation is 1. The molecular formula is C13H15ClN4O2. The van der Waals surface area contributed by atoms with Gasteiger partial charge < -0.3 is 15.4 Å². The van der Waals surface area contributed by atoms with E-state index in [1.165, 1.54) is 0 Å². The van der Waals surface area contributed by atoms with Crippen molar-refractivity contribution in [3.63, 3.8) is 0 Å². The minimum absolute atomic E-state index is 0.332. The molecule has 20 heavy (non-hydrogen) atoms. The number of halogens is 1. The first-order valence-electron chi connectivity index (χ1n) is 5.94. The Kier molecular flexibility index (Phi) is 4.47. The quantitative estimate of drug-likeness (QED) is 0.910. The monoisotopic (exact) mass is 294 g/mol. The fraction of sp³-hybridized carbons (Fsp3) is 0.231. The Balaban J connectivity index is 1.91. The van der Waals surface area contributed by atoms with Gasteiger partial charge in [-0.3, -0.25) is 4.68 Å². The third-order valence-corrected chi connectivity index (χ3v) is 2.95. The molecule has 0 aliphatic rings. The predicted molar refractivity (Wildman–Crippen MR) is 77.1 cm³/mol. The molecule has 106 valence electrons. The van der Waals surface area contributed by atoms with Crippen LogP contribution in [0.2, 0.25) is 5.02 Å². The normalized spacial score (nSPS) is 10.2. The van der Waals surface area contributed by atoms with Crippen LogP contribution in [-0.2, 0) is 13.6 Å². The fourth-order valence-electron chi connectivity index (χ4n) is 1.64. The van der Waals surface area contributed by atoms with Gasteiger partial charge in [0, 0.05) is 31.4 Å². The summed E-state index contributed by atoms with van der Waals surface area (Å²) in [5, 5.41) is 9.84. The minimum Gasteiger partial charge on any atom is -0.497 e. The summed E-state index contributed by atoms with van der Waals surface area (Å²) in [5.74, 6) is 0.635. The van der Waals surface area contributed by atoms with Gasteiger partial charge in [-0.05, 0) is 12.1 Å². The van der Waals surface area contributed by atoms with Crippen LogP contribution in [0.3, 0.4) is 0 Å². The molecule has 7 heteroatoms. The van der Waals surface area contributed by atoms with Gasteiger partial charge in [0.25, 0.3) is 0 Å². The van der Waals surface area contributed by atoms with Gasteiger partial charge in [-0.15, -0.1) is 0 Å². The number of nitrogens with one attached hydrogen (secondary N) is 2. The highest BCUT2D eigenvalue weighted by molar-refractivity contribution is 6.33. The summed E-state index contributed by atoms with van der Waals surface area (Å²) < 4.78 is 6.72. The van der Waals surface area contributed by atoms with E-state index >= 15 is 0 Å². The summed E-state index contributed by atoms with van der Waals surface area (Å²) in [6.45, 7) is 0.396. The Bertz CT molecular complexity index is 612. The number of anilines is 1. The van der Waals surface area contributed by atoms with Gasteiger partial charge in [0.1, 0.15) is 5.75 Å². The summed E-state index contributed by atoms with van der Waals surface area (Å²) in [6.07, 6.45) is 3.53. The number of nitrogens with zero attached hydrogens (tertiary/aromatic N) is 2. The van der Waals surface area contributed by atoms with E-state index in [4.69, 9.17) is 16.3 Å². The average Bonchev–Trinajstić information content (AvgIpc) is 2.84. The van der Waals surface area contributed by atoms with Crippen LogP contribution in [0.25, 0.3) is 0 Å². The SMILES string of the molecule is COc1ccc(NC(=O)NCc2cnn(C)c2)c(Cl)c1. The zero-order valence-electron chi connectivity index (χ0n) is 11.2. The van der Waals surface area contributed by atoms with E-state index in [2.05, 4.69) is 15.7 Å². The number of hydrogen-bond acceptors (Lipinski definition) is 3. The summed E-state index contributed by atoms with van der Waals surface area (Å²) in [7, 11) is 3.38. The van der Waals surface area contributed by atoms with Crippen molar-refractivity contribution in [2.45, 2.75) is 6.54 Å². The molecule has 0 saturated heterocycles. The maximum atomic E-state index is 11.8. The Morgan fingerprint density at radius 2 is 2.30 bits per heavy atom. The predicted octanol–water partition coefficient (Wildman–Crippen LogP) is 2.40. The Morgan fingerprint density at radius 1 is 1.50 bits per heavy atom. The number of benzene rings is 1. The molecule has 2 rings (SSSR count). The number of methoxy groups -OCH3 is 1. The van der Waals surface area contributed by atoms with Gasteiger partial charge in [0.2, 0.25) is 0 Å². The Morgan fingerprint density at radius 3 is 2.90 bits per heavy atom. The molecule has 0 unspecified atom stereocenters. The van der Waals surface area contributed by atoms with Crippen molar-refractivity contribution in [3.8, 4) is 5.75 Å². The van der Waals surface area contributed by atoms with Crippen molar-refractivity contribution in [1.29, 1.82) is 0 Å². The number of aromatic nitrogens is 2. The number of urea groups is 1. The second-order valence-electron chi connectivity index (χ2n) is 4.18. The standard InChI is InChI=1S/C13H15ClN4O2/c1-18-8-9(7-16-18)6-15-13(19)17-12-4-3-10(20-2)5-11(12)14/h3-5,7-8H,6H2,1-2H3,(H2,15,17,19). The topological polar surface area (TPSA) is 68.2 Å². The summed E-state index contributed by atoms with van der Waals surface area (Å²) in [4.78, 5) is 11.8. The summed E-state index contributed by atoms with van der Waals surface area (Å²) >= 11 is 6.04. The number of ether oxygens (including phenoxy) is 1.